The summed E-state index contributed by atoms with van der Waals surface area (Å²) in [5.74, 6) is 0.686. The Hall–Kier alpha value is -1.40. The van der Waals surface area contributed by atoms with Gasteiger partial charge in [-0.2, -0.15) is 0 Å². The molecule has 1 aliphatic heterocycles. The number of piperidine rings is 1. The smallest absolute Gasteiger partial charge is 0.256 e. The second kappa shape index (κ2) is 7.24. The summed E-state index contributed by atoms with van der Waals surface area (Å²) < 4.78 is 10.7. The molecular weight excluding hydrogens is 282 g/mol. The Balaban J connectivity index is 2.07. The van der Waals surface area contributed by atoms with Gasteiger partial charge in [-0.05, 0) is 32.9 Å². The Bertz CT molecular complexity index is 499. The number of nitrogens with one attached hydrogen (secondary N) is 2. The van der Waals surface area contributed by atoms with E-state index < -0.39 is 0 Å². The van der Waals surface area contributed by atoms with Crippen LogP contribution in [0.5, 0.6) is 0 Å². The highest BCUT2D eigenvalue weighted by molar-refractivity contribution is 5.96. The molecule has 2 rings (SSSR count). The van der Waals surface area contributed by atoms with Crippen molar-refractivity contribution in [1.82, 2.24) is 15.8 Å². The van der Waals surface area contributed by atoms with Crippen LogP contribution in [-0.2, 0) is 4.74 Å². The second-order valence-corrected chi connectivity index (χ2v) is 6.53. The van der Waals surface area contributed by atoms with Gasteiger partial charge in [-0.15, -0.1) is 0 Å². The summed E-state index contributed by atoms with van der Waals surface area (Å²) in [6.07, 6.45) is 2.00. The van der Waals surface area contributed by atoms with Gasteiger partial charge in [0.1, 0.15) is 5.56 Å². The van der Waals surface area contributed by atoms with E-state index in [1.54, 1.807) is 14.0 Å². The maximum Gasteiger partial charge on any atom is 0.256 e. The molecule has 124 valence electrons. The van der Waals surface area contributed by atoms with Crippen LogP contribution in [0.25, 0.3) is 0 Å². The first-order valence-electron chi connectivity index (χ1n) is 7.93. The van der Waals surface area contributed by atoms with Crippen LogP contribution in [0, 0.1) is 12.3 Å². The molecule has 0 saturated carbocycles. The van der Waals surface area contributed by atoms with Crippen LogP contribution in [0.1, 0.15) is 54.4 Å². The zero-order valence-corrected chi connectivity index (χ0v) is 14.0. The van der Waals surface area contributed by atoms with E-state index in [1.807, 2.05) is 13.8 Å². The molecule has 6 heteroatoms. The lowest BCUT2D eigenvalue weighted by molar-refractivity contribution is 0.0511. The predicted octanol–water partition coefficient (Wildman–Crippen LogP) is 1.85. The molecule has 0 aliphatic carbocycles. The van der Waals surface area contributed by atoms with Crippen LogP contribution in [0.3, 0.4) is 0 Å². The minimum absolute atomic E-state index is 0.0126. The summed E-state index contributed by atoms with van der Waals surface area (Å²) >= 11 is 0. The van der Waals surface area contributed by atoms with Crippen LogP contribution in [0.2, 0.25) is 0 Å². The third kappa shape index (κ3) is 3.67. The molecule has 0 atom stereocenters. The lowest BCUT2D eigenvalue weighted by Crippen LogP contribution is -2.47. The Kier molecular flexibility index (Phi) is 5.58. The third-order valence-corrected chi connectivity index (χ3v) is 4.38. The lowest BCUT2D eigenvalue weighted by Gasteiger charge is -2.37. The summed E-state index contributed by atoms with van der Waals surface area (Å²) in [5, 5.41) is 10.4. The monoisotopic (exact) mass is 309 g/mol. The Labute approximate surface area is 132 Å². The average molecular weight is 309 g/mol. The number of aromatic nitrogens is 1. The maximum absolute atomic E-state index is 12.6. The van der Waals surface area contributed by atoms with E-state index in [1.165, 1.54) is 0 Å². The zero-order valence-electron chi connectivity index (χ0n) is 14.0. The van der Waals surface area contributed by atoms with Crippen LogP contribution in [-0.4, -0.2) is 44.4 Å². The van der Waals surface area contributed by atoms with Gasteiger partial charge in [0.25, 0.3) is 5.91 Å². The lowest BCUT2D eigenvalue weighted by atomic mass is 9.79. The van der Waals surface area contributed by atoms with Gasteiger partial charge in [-0.3, -0.25) is 4.79 Å². The summed E-state index contributed by atoms with van der Waals surface area (Å²) in [6, 6.07) is 0. The highest BCUT2D eigenvalue weighted by Gasteiger charge is 2.33. The first-order valence-corrected chi connectivity index (χ1v) is 7.93. The van der Waals surface area contributed by atoms with E-state index in [0.29, 0.717) is 30.2 Å². The number of hydrogen-bond donors (Lipinski definition) is 2. The van der Waals surface area contributed by atoms with Crippen molar-refractivity contribution >= 4 is 5.91 Å². The molecule has 6 nitrogen and oxygen atoms in total. The fourth-order valence-electron chi connectivity index (χ4n) is 3.05. The fraction of sp³-hybridized carbons (Fsp3) is 0.750. The van der Waals surface area contributed by atoms with Crippen molar-refractivity contribution < 1.29 is 14.1 Å². The normalized spacial score (nSPS) is 17.7. The Morgan fingerprint density at radius 3 is 2.73 bits per heavy atom. The minimum atomic E-state index is -0.100. The first-order chi connectivity index (χ1) is 10.5. The van der Waals surface area contributed by atoms with Crippen LogP contribution in [0.15, 0.2) is 4.52 Å². The average Bonchev–Trinajstić information content (AvgIpc) is 2.88. The van der Waals surface area contributed by atoms with Gasteiger partial charge in [0, 0.05) is 25.0 Å². The van der Waals surface area contributed by atoms with Crippen LogP contribution >= 0.6 is 0 Å². The first kappa shape index (κ1) is 17.0. The van der Waals surface area contributed by atoms with Crippen molar-refractivity contribution in [2.75, 3.05) is 33.4 Å². The fourth-order valence-corrected chi connectivity index (χ4v) is 3.05. The molecule has 0 bridgehead atoms. The van der Waals surface area contributed by atoms with Crippen LogP contribution < -0.4 is 10.6 Å². The molecule has 2 heterocycles. The van der Waals surface area contributed by atoms with E-state index in [0.717, 1.165) is 25.9 Å². The van der Waals surface area contributed by atoms with Gasteiger partial charge in [-0.25, -0.2) is 0 Å². The van der Waals surface area contributed by atoms with Gasteiger partial charge in [-0.1, -0.05) is 19.0 Å². The number of ether oxygens (including phenoxy) is 1. The summed E-state index contributed by atoms with van der Waals surface area (Å²) in [7, 11) is 1.71. The highest BCUT2D eigenvalue weighted by atomic mass is 16.5. The van der Waals surface area contributed by atoms with Gasteiger partial charge >= 0.3 is 0 Å². The standard InChI is InChI=1S/C16H27N3O3/c1-11(2)14-13(12(3)19-22-14)15(20)18-9-16(10-21-4)5-7-17-8-6-16/h11,17H,5-10H2,1-4H3,(H,18,20). The second-order valence-electron chi connectivity index (χ2n) is 6.53. The zero-order chi connectivity index (χ0) is 16.2. The molecular formula is C16H27N3O3. The number of aryl methyl sites for hydroxylation is 1. The predicted molar refractivity (Wildman–Crippen MR) is 84.1 cm³/mol. The number of rotatable bonds is 6. The summed E-state index contributed by atoms with van der Waals surface area (Å²) in [6.45, 7) is 9.00. The number of methoxy groups -OCH3 is 1. The Morgan fingerprint density at radius 2 is 2.14 bits per heavy atom. The number of carbonyl (C=O) groups excluding carboxylic acids is 1. The molecule has 0 radical (unpaired) electrons. The maximum atomic E-state index is 12.6. The van der Waals surface area contributed by atoms with Crippen molar-refractivity contribution in [2.45, 2.75) is 39.5 Å². The largest absolute Gasteiger partial charge is 0.384 e. The van der Waals surface area contributed by atoms with E-state index in [4.69, 9.17) is 9.26 Å². The molecule has 1 saturated heterocycles. The van der Waals surface area contributed by atoms with Crippen LogP contribution in [0.4, 0.5) is 0 Å². The van der Waals surface area contributed by atoms with Gasteiger partial charge in [0.15, 0.2) is 5.76 Å². The molecule has 0 unspecified atom stereocenters. The molecule has 1 aromatic heterocycles. The molecule has 1 aromatic rings. The van der Waals surface area contributed by atoms with Gasteiger partial charge in [0.05, 0.1) is 12.3 Å². The van der Waals surface area contributed by atoms with E-state index in [-0.39, 0.29) is 17.2 Å². The molecule has 22 heavy (non-hydrogen) atoms. The summed E-state index contributed by atoms with van der Waals surface area (Å²) in [4.78, 5) is 12.6. The SMILES string of the molecule is COCC1(CNC(=O)c2c(C)noc2C(C)C)CCNCC1. The van der Waals surface area contributed by atoms with Crippen molar-refractivity contribution in [1.29, 1.82) is 0 Å². The van der Waals surface area contributed by atoms with Crippen molar-refractivity contribution in [3.05, 3.63) is 17.0 Å². The van der Waals surface area contributed by atoms with Gasteiger partial charge in [0.2, 0.25) is 0 Å². The van der Waals surface area contributed by atoms with E-state index >= 15 is 0 Å². The highest BCUT2D eigenvalue weighted by Crippen LogP contribution is 2.29. The number of amides is 1. The van der Waals surface area contributed by atoms with E-state index in [2.05, 4.69) is 15.8 Å². The molecule has 0 spiro atoms. The molecule has 1 fully saturated rings. The minimum Gasteiger partial charge on any atom is -0.384 e. The molecule has 1 aliphatic rings. The topological polar surface area (TPSA) is 76.4 Å². The summed E-state index contributed by atoms with van der Waals surface area (Å²) in [5.41, 5.74) is 1.24. The quantitative estimate of drug-likeness (QED) is 0.838. The molecule has 2 N–H and O–H groups in total. The Morgan fingerprint density at radius 1 is 1.45 bits per heavy atom. The number of nitrogens with zero attached hydrogens (tertiary/aromatic N) is 1. The van der Waals surface area contributed by atoms with Gasteiger partial charge < -0.3 is 19.9 Å². The van der Waals surface area contributed by atoms with Crippen molar-refractivity contribution in [3.63, 3.8) is 0 Å². The number of hydrogen-bond acceptors (Lipinski definition) is 5. The van der Waals surface area contributed by atoms with Crippen molar-refractivity contribution in [3.8, 4) is 0 Å². The third-order valence-electron chi connectivity index (χ3n) is 4.38. The number of carbonyl (C=O) groups is 1. The molecule has 1 amide bonds. The van der Waals surface area contributed by atoms with Crippen molar-refractivity contribution in [2.24, 2.45) is 5.41 Å². The van der Waals surface area contributed by atoms with E-state index in [9.17, 15) is 4.79 Å². The molecule has 0 aromatic carbocycles.